The minimum atomic E-state index is -0.609. The third-order valence-corrected chi connectivity index (χ3v) is 3.33. The molecule has 0 aromatic heterocycles. The van der Waals surface area contributed by atoms with Crippen molar-refractivity contribution in [3.63, 3.8) is 0 Å². The van der Waals surface area contributed by atoms with Crippen molar-refractivity contribution in [3.8, 4) is 5.75 Å². The lowest BCUT2D eigenvalue weighted by Gasteiger charge is -2.25. The van der Waals surface area contributed by atoms with Crippen molar-refractivity contribution >= 4 is 0 Å². The lowest BCUT2D eigenvalue weighted by Crippen LogP contribution is -2.20. The maximum atomic E-state index is 13.7. The van der Waals surface area contributed by atoms with Gasteiger partial charge in [0.25, 0.3) is 0 Å². The van der Waals surface area contributed by atoms with Crippen LogP contribution in [0.4, 0.5) is 8.78 Å². The van der Waals surface area contributed by atoms with Crippen LogP contribution in [0.3, 0.4) is 0 Å². The second kappa shape index (κ2) is 6.14. The highest BCUT2D eigenvalue weighted by Gasteiger charge is 2.20. The van der Waals surface area contributed by atoms with Crippen LogP contribution in [0.1, 0.15) is 31.7 Å². The Hall–Kier alpha value is -1.16. The summed E-state index contributed by atoms with van der Waals surface area (Å²) in [5.41, 5.74) is 0.600. The zero-order valence-corrected chi connectivity index (χ0v) is 10.6. The Morgan fingerprint density at radius 1 is 1.28 bits per heavy atom. The van der Waals surface area contributed by atoms with E-state index in [4.69, 9.17) is 4.74 Å². The molecule has 0 unspecified atom stereocenters. The van der Waals surface area contributed by atoms with Crippen molar-refractivity contribution < 1.29 is 13.5 Å². The normalized spacial score (nSPS) is 15.5. The highest BCUT2D eigenvalue weighted by Crippen LogP contribution is 2.29. The van der Waals surface area contributed by atoms with Crippen molar-refractivity contribution in [1.82, 2.24) is 5.32 Å². The fraction of sp³-hybridized carbons (Fsp3) is 0.571. The van der Waals surface area contributed by atoms with Gasteiger partial charge in [0, 0.05) is 6.54 Å². The zero-order valence-electron chi connectivity index (χ0n) is 10.6. The first-order chi connectivity index (χ1) is 8.70. The molecule has 1 aliphatic rings. The Morgan fingerprint density at radius 3 is 2.44 bits per heavy atom. The van der Waals surface area contributed by atoms with Gasteiger partial charge in [-0.25, -0.2) is 8.78 Å². The topological polar surface area (TPSA) is 21.3 Å². The van der Waals surface area contributed by atoms with E-state index in [-0.39, 0.29) is 5.75 Å². The standard InChI is InChI=1S/C14H19F2NO/c1-2-17-8-11-6-12(15)14(13(16)7-11)18-9-10-4-3-5-10/h6-7,10,17H,2-5,8-9H2,1H3. The highest BCUT2D eigenvalue weighted by atomic mass is 19.1. The van der Waals surface area contributed by atoms with Gasteiger partial charge >= 0.3 is 0 Å². The van der Waals surface area contributed by atoms with Crippen LogP contribution in [-0.2, 0) is 6.54 Å². The minimum absolute atomic E-state index is 0.234. The van der Waals surface area contributed by atoms with Gasteiger partial charge in [-0.3, -0.25) is 0 Å². The van der Waals surface area contributed by atoms with E-state index >= 15 is 0 Å². The van der Waals surface area contributed by atoms with Crippen LogP contribution in [0.2, 0.25) is 0 Å². The monoisotopic (exact) mass is 255 g/mol. The summed E-state index contributed by atoms with van der Waals surface area (Å²) in [6, 6.07) is 2.67. The van der Waals surface area contributed by atoms with Gasteiger partial charge in [0.15, 0.2) is 17.4 Å². The van der Waals surface area contributed by atoms with E-state index in [9.17, 15) is 8.78 Å². The van der Waals surface area contributed by atoms with E-state index in [1.54, 1.807) is 0 Å². The molecule has 1 aliphatic carbocycles. The van der Waals surface area contributed by atoms with Crippen molar-refractivity contribution in [2.75, 3.05) is 13.2 Å². The van der Waals surface area contributed by atoms with E-state index in [0.717, 1.165) is 19.4 Å². The number of nitrogens with one attached hydrogen (secondary N) is 1. The molecule has 0 amide bonds. The minimum Gasteiger partial charge on any atom is -0.487 e. The molecule has 100 valence electrons. The van der Waals surface area contributed by atoms with Crippen LogP contribution < -0.4 is 10.1 Å². The molecule has 0 spiro atoms. The van der Waals surface area contributed by atoms with Gasteiger partial charge in [0.1, 0.15) is 0 Å². The van der Waals surface area contributed by atoms with Gasteiger partial charge in [-0.15, -0.1) is 0 Å². The quantitative estimate of drug-likeness (QED) is 0.842. The van der Waals surface area contributed by atoms with Gasteiger partial charge in [0.2, 0.25) is 0 Å². The summed E-state index contributed by atoms with van der Waals surface area (Å²) >= 11 is 0. The number of benzene rings is 1. The van der Waals surface area contributed by atoms with Crippen molar-refractivity contribution in [3.05, 3.63) is 29.3 Å². The first-order valence-electron chi connectivity index (χ1n) is 6.52. The van der Waals surface area contributed by atoms with E-state index in [2.05, 4.69) is 5.32 Å². The van der Waals surface area contributed by atoms with Crippen LogP contribution in [0.25, 0.3) is 0 Å². The lowest BCUT2D eigenvalue weighted by molar-refractivity contribution is 0.170. The van der Waals surface area contributed by atoms with Crippen molar-refractivity contribution in [1.29, 1.82) is 0 Å². The molecule has 0 saturated heterocycles. The van der Waals surface area contributed by atoms with Crippen LogP contribution in [-0.4, -0.2) is 13.2 Å². The zero-order chi connectivity index (χ0) is 13.0. The first-order valence-corrected chi connectivity index (χ1v) is 6.52. The van der Waals surface area contributed by atoms with Gasteiger partial charge in [-0.05, 0) is 43.0 Å². The van der Waals surface area contributed by atoms with Crippen LogP contribution in [0, 0.1) is 17.6 Å². The second-order valence-electron chi connectivity index (χ2n) is 4.78. The number of halogens is 2. The summed E-state index contributed by atoms with van der Waals surface area (Å²) in [6.45, 7) is 3.60. The van der Waals surface area contributed by atoms with Gasteiger partial charge in [-0.2, -0.15) is 0 Å². The highest BCUT2D eigenvalue weighted by molar-refractivity contribution is 5.31. The average Bonchev–Trinajstić information content (AvgIpc) is 2.27. The first kappa shape index (κ1) is 13.3. The number of hydrogen-bond acceptors (Lipinski definition) is 2. The molecular formula is C14H19F2NO. The molecule has 0 bridgehead atoms. The molecule has 1 aromatic rings. The predicted octanol–water partition coefficient (Wildman–Crippen LogP) is 3.25. The predicted molar refractivity (Wildman–Crippen MR) is 66.6 cm³/mol. The maximum absolute atomic E-state index is 13.7. The molecule has 0 atom stereocenters. The fourth-order valence-corrected chi connectivity index (χ4v) is 1.98. The van der Waals surface area contributed by atoms with Crippen LogP contribution >= 0.6 is 0 Å². The van der Waals surface area contributed by atoms with E-state index in [0.29, 0.717) is 24.6 Å². The fourth-order valence-electron chi connectivity index (χ4n) is 1.98. The van der Waals surface area contributed by atoms with E-state index in [1.807, 2.05) is 6.92 Å². The molecule has 4 heteroatoms. The molecule has 1 N–H and O–H groups in total. The van der Waals surface area contributed by atoms with Crippen LogP contribution in [0.5, 0.6) is 5.75 Å². The molecule has 2 nitrogen and oxygen atoms in total. The number of hydrogen-bond donors (Lipinski definition) is 1. The third kappa shape index (κ3) is 3.19. The lowest BCUT2D eigenvalue weighted by atomic mass is 9.86. The Morgan fingerprint density at radius 2 is 1.94 bits per heavy atom. The SMILES string of the molecule is CCNCc1cc(F)c(OCC2CCC2)c(F)c1. The smallest absolute Gasteiger partial charge is 0.190 e. The molecule has 0 radical (unpaired) electrons. The Kier molecular flexibility index (Phi) is 4.53. The Bertz CT molecular complexity index is 382. The molecule has 1 aromatic carbocycles. The molecular weight excluding hydrogens is 236 g/mol. The largest absolute Gasteiger partial charge is 0.487 e. The molecule has 1 saturated carbocycles. The molecule has 2 rings (SSSR count). The van der Waals surface area contributed by atoms with E-state index < -0.39 is 11.6 Å². The number of rotatable bonds is 6. The van der Waals surface area contributed by atoms with E-state index in [1.165, 1.54) is 18.6 Å². The van der Waals surface area contributed by atoms with Gasteiger partial charge in [0.05, 0.1) is 6.61 Å². The summed E-state index contributed by atoms with van der Waals surface area (Å²) in [6.07, 6.45) is 3.39. The summed E-state index contributed by atoms with van der Waals surface area (Å²) in [5, 5.41) is 3.03. The third-order valence-electron chi connectivity index (χ3n) is 3.33. The second-order valence-corrected chi connectivity index (χ2v) is 4.78. The molecule has 0 heterocycles. The molecule has 18 heavy (non-hydrogen) atoms. The summed E-state index contributed by atoms with van der Waals surface area (Å²) in [7, 11) is 0. The summed E-state index contributed by atoms with van der Waals surface area (Å²) < 4.78 is 32.7. The maximum Gasteiger partial charge on any atom is 0.190 e. The van der Waals surface area contributed by atoms with Gasteiger partial charge < -0.3 is 10.1 Å². The van der Waals surface area contributed by atoms with Crippen LogP contribution in [0.15, 0.2) is 12.1 Å². The number of ether oxygens (including phenoxy) is 1. The molecule has 1 fully saturated rings. The van der Waals surface area contributed by atoms with Crippen molar-refractivity contribution in [2.24, 2.45) is 5.92 Å². The Labute approximate surface area is 106 Å². The average molecular weight is 255 g/mol. The molecule has 0 aliphatic heterocycles. The summed E-state index contributed by atoms with van der Waals surface area (Å²) in [5.74, 6) is -0.989. The summed E-state index contributed by atoms with van der Waals surface area (Å²) in [4.78, 5) is 0. The van der Waals surface area contributed by atoms with Crippen molar-refractivity contribution in [2.45, 2.75) is 32.7 Å². The van der Waals surface area contributed by atoms with Gasteiger partial charge in [-0.1, -0.05) is 13.3 Å². The Balaban J connectivity index is 2.00.